The molecule has 0 spiro atoms. The lowest BCUT2D eigenvalue weighted by atomic mass is 9.99. The van der Waals surface area contributed by atoms with E-state index in [0.717, 1.165) is 0 Å². The molecule has 8 heteroatoms. The second kappa shape index (κ2) is 6.05. The van der Waals surface area contributed by atoms with Crippen molar-refractivity contribution in [3.05, 3.63) is 57.3 Å². The zero-order chi connectivity index (χ0) is 16.5. The summed E-state index contributed by atoms with van der Waals surface area (Å²) in [5.41, 5.74) is -1.89. The van der Waals surface area contributed by atoms with E-state index in [9.17, 15) is 27.5 Å². The van der Waals surface area contributed by atoms with Crippen molar-refractivity contribution in [2.24, 2.45) is 0 Å². The molecule has 0 saturated carbocycles. The number of hydrogen-bond donors (Lipinski definition) is 2. The van der Waals surface area contributed by atoms with Crippen molar-refractivity contribution in [3.63, 3.8) is 0 Å². The van der Waals surface area contributed by atoms with E-state index in [1.165, 1.54) is 18.3 Å². The van der Waals surface area contributed by atoms with E-state index < -0.39 is 40.3 Å². The lowest BCUT2D eigenvalue weighted by molar-refractivity contribution is 0.0528. The van der Waals surface area contributed by atoms with E-state index >= 15 is 0 Å². The third-order valence-corrected chi connectivity index (χ3v) is 3.77. The number of nitrogens with one attached hydrogen (secondary N) is 1. The van der Waals surface area contributed by atoms with Crippen LogP contribution in [0, 0.1) is 23.3 Å². The van der Waals surface area contributed by atoms with Gasteiger partial charge in [0, 0.05) is 0 Å². The van der Waals surface area contributed by atoms with E-state index in [1.807, 2.05) is 0 Å². The fraction of sp³-hybridized carbons (Fsp3) is 0.214. The molecule has 1 aromatic carbocycles. The molecule has 0 saturated heterocycles. The molecular weight excluding hydrogens is 322 g/mol. The minimum absolute atomic E-state index is 0.266. The molecule has 0 aliphatic heterocycles. The zero-order valence-electron chi connectivity index (χ0n) is 11.3. The predicted molar refractivity (Wildman–Crippen MR) is 72.5 cm³/mol. The Bertz CT molecular complexity index is 701. The lowest BCUT2D eigenvalue weighted by Gasteiger charge is -2.22. The molecule has 1 aromatic heterocycles. The monoisotopic (exact) mass is 333 g/mol. The molecule has 1 atom stereocenters. The molecule has 2 rings (SSSR count). The van der Waals surface area contributed by atoms with Gasteiger partial charge in [-0.2, -0.15) is 11.3 Å². The smallest absolute Gasteiger partial charge is 0.254 e. The number of benzene rings is 1. The van der Waals surface area contributed by atoms with Gasteiger partial charge in [-0.05, 0) is 35.4 Å². The molecule has 0 radical (unpaired) electrons. The normalized spacial score (nSPS) is 13.7. The first kappa shape index (κ1) is 16.4. The second-order valence-corrected chi connectivity index (χ2v) is 5.60. The van der Waals surface area contributed by atoms with E-state index in [-0.39, 0.29) is 12.6 Å². The number of carbonyl (C=O) groups excluding carboxylic acids is 1. The Labute approximate surface area is 127 Å². The van der Waals surface area contributed by atoms with E-state index in [0.29, 0.717) is 5.56 Å². The average Bonchev–Trinajstić information content (AvgIpc) is 3.01. The molecular formula is C14H11F4NO2S. The molecule has 118 valence electrons. The van der Waals surface area contributed by atoms with Crippen molar-refractivity contribution >= 4 is 17.2 Å². The molecule has 1 unspecified atom stereocenters. The van der Waals surface area contributed by atoms with Crippen LogP contribution in [0.5, 0.6) is 0 Å². The van der Waals surface area contributed by atoms with Gasteiger partial charge in [-0.25, -0.2) is 17.6 Å². The Morgan fingerprint density at radius 1 is 1.27 bits per heavy atom. The Morgan fingerprint density at radius 2 is 1.95 bits per heavy atom. The van der Waals surface area contributed by atoms with Crippen LogP contribution in [0.2, 0.25) is 0 Å². The Kier molecular flexibility index (Phi) is 4.52. The van der Waals surface area contributed by atoms with Crippen molar-refractivity contribution in [2.45, 2.75) is 12.5 Å². The summed E-state index contributed by atoms with van der Waals surface area (Å²) in [6.07, 6.45) is 0. The molecule has 0 fully saturated rings. The SMILES string of the molecule is CC(O)(CNC(=O)c1cc(F)c(F)c(F)c1F)c1ccsc1. The minimum Gasteiger partial charge on any atom is -0.384 e. The number of carbonyl (C=O) groups is 1. The van der Waals surface area contributed by atoms with Gasteiger partial charge in [0.2, 0.25) is 0 Å². The maximum Gasteiger partial charge on any atom is 0.254 e. The largest absolute Gasteiger partial charge is 0.384 e. The number of aliphatic hydroxyl groups is 1. The summed E-state index contributed by atoms with van der Waals surface area (Å²) in [7, 11) is 0. The van der Waals surface area contributed by atoms with Crippen LogP contribution in [-0.2, 0) is 5.60 Å². The summed E-state index contributed by atoms with van der Waals surface area (Å²) in [5, 5.41) is 15.7. The maximum absolute atomic E-state index is 13.5. The van der Waals surface area contributed by atoms with Crippen molar-refractivity contribution in [1.29, 1.82) is 0 Å². The fourth-order valence-corrected chi connectivity index (χ4v) is 2.54. The van der Waals surface area contributed by atoms with Crippen molar-refractivity contribution in [1.82, 2.24) is 5.32 Å². The standard InChI is InChI=1S/C14H11F4NO2S/c1-14(21,7-2-3-22-5-7)6-19-13(20)8-4-9(15)11(17)12(18)10(8)16/h2-5,21H,6H2,1H3,(H,19,20). The molecule has 3 nitrogen and oxygen atoms in total. The molecule has 0 aliphatic carbocycles. The number of rotatable bonds is 4. The van der Waals surface area contributed by atoms with Crippen LogP contribution >= 0.6 is 11.3 Å². The third-order valence-electron chi connectivity index (χ3n) is 3.08. The Morgan fingerprint density at radius 3 is 2.55 bits per heavy atom. The fourth-order valence-electron chi connectivity index (χ4n) is 1.76. The lowest BCUT2D eigenvalue weighted by Crippen LogP contribution is -2.38. The summed E-state index contributed by atoms with van der Waals surface area (Å²) >= 11 is 1.33. The summed E-state index contributed by atoms with van der Waals surface area (Å²) in [6, 6.07) is 1.90. The maximum atomic E-state index is 13.5. The number of halogens is 4. The first-order valence-electron chi connectivity index (χ1n) is 6.10. The highest BCUT2D eigenvalue weighted by molar-refractivity contribution is 7.08. The highest BCUT2D eigenvalue weighted by Gasteiger charge is 2.27. The molecule has 2 aromatic rings. The van der Waals surface area contributed by atoms with Crippen molar-refractivity contribution in [3.8, 4) is 0 Å². The van der Waals surface area contributed by atoms with E-state index in [4.69, 9.17) is 0 Å². The predicted octanol–water partition coefficient (Wildman–Crippen LogP) is 2.94. The zero-order valence-corrected chi connectivity index (χ0v) is 12.1. The molecule has 0 aliphatic rings. The first-order valence-corrected chi connectivity index (χ1v) is 7.04. The van der Waals surface area contributed by atoms with E-state index in [2.05, 4.69) is 5.32 Å². The molecule has 1 heterocycles. The highest BCUT2D eigenvalue weighted by Crippen LogP contribution is 2.23. The van der Waals surface area contributed by atoms with E-state index in [1.54, 1.807) is 16.8 Å². The number of thiophene rings is 1. The van der Waals surface area contributed by atoms with Gasteiger partial charge < -0.3 is 10.4 Å². The van der Waals surface area contributed by atoms with Crippen LogP contribution in [-0.4, -0.2) is 17.6 Å². The molecule has 22 heavy (non-hydrogen) atoms. The van der Waals surface area contributed by atoms with Crippen LogP contribution in [0.4, 0.5) is 17.6 Å². The van der Waals surface area contributed by atoms with Crippen molar-refractivity contribution < 1.29 is 27.5 Å². The summed E-state index contributed by atoms with van der Waals surface area (Å²) in [4.78, 5) is 11.8. The van der Waals surface area contributed by atoms with Crippen LogP contribution in [0.25, 0.3) is 0 Å². The van der Waals surface area contributed by atoms with Gasteiger partial charge in [-0.3, -0.25) is 4.79 Å². The van der Waals surface area contributed by atoms with Crippen molar-refractivity contribution in [2.75, 3.05) is 6.54 Å². The molecule has 2 N–H and O–H groups in total. The van der Waals surface area contributed by atoms with Crippen LogP contribution in [0.15, 0.2) is 22.9 Å². The Balaban J connectivity index is 2.17. The van der Waals surface area contributed by atoms with Gasteiger partial charge >= 0.3 is 0 Å². The van der Waals surface area contributed by atoms with Crippen LogP contribution in [0.3, 0.4) is 0 Å². The first-order chi connectivity index (χ1) is 10.2. The number of amides is 1. The Hall–Kier alpha value is -1.93. The van der Waals surface area contributed by atoms with Gasteiger partial charge in [0.25, 0.3) is 5.91 Å². The summed E-state index contributed by atoms with van der Waals surface area (Å²) < 4.78 is 52.5. The second-order valence-electron chi connectivity index (χ2n) is 4.82. The highest BCUT2D eigenvalue weighted by atomic mass is 32.1. The van der Waals surface area contributed by atoms with Crippen LogP contribution in [0.1, 0.15) is 22.8 Å². The summed E-state index contributed by atoms with van der Waals surface area (Å²) in [6.45, 7) is 1.10. The number of hydrogen-bond acceptors (Lipinski definition) is 3. The van der Waals surface area contributed by atoms with Crippen LogP contribution < -0.4 is 5.32 Å². The third kappa shape index (κ3) is 3.12. The van der Waals surface area contributed by atoms with Gasteiger partial charge in [0.1, 0.15) is 5.60 Å². The van der Waals surface area contributed by atoms with Gasteiger partial charge in [0.15, 0.2) is 23.3 Å². The van der Waals surface area contributed by atoms with Gasteiger partial charge in [-0.15, -0.1) is 0 Å². The van der Waals surface area contributed by atoms with Gasteiger partial charge in [0.05, 0.1) is 12.1 Å². The average molecular weight is 333 g/mol. The summed E-state index contributed by atoms with van der Waals surface area (Å²) in [5.74, 6) is -8.67. The van der Waals surface area contributed by atoms with Gasteiger partial charge in [-0.1, -0.05) is 0 Å². The quantitative estimate of drug-likeness (QED) is 0.513. The molecule has 0 bridgehead atoms. The molecule has 1 amide bonds. The minimum atomic E-state index is -2.06. The topological polar surface area (TPSA) is 49.3 Å².